The molecule has 128 heavy (non-hydrogen) atoms. The largest absolute Gasteiger partial charge is 0.0616 e. The van der Waals surface area contributed by atoms with E-state index in [2.05, 4.69) is 572 Å². The molecular weight excluding hydrogens is 1540 g/mol. The van der Waals surface area contributed by atoms with Crippen LogP contribution in [-0.2, 0) is 65.0 Å². The second kappa shape index (κ2) is 41.6. The summed E-state index contributed by atoms with van der Waals surface area (Å²) in [4.78, 5) is 0. The van der Waals surface area contributed by atoms with Crippen molar-refractivity contribution in [3.8, 4) is 0 Å². The zero-order valence-electron chi connectivity index (χ0n) is 89.4. The van der Waals surface area contributed by atoms with E-state index in [4.69, 9.17) is 0 Å². The van der Waals surface area contributed by atoms with E-state index in [1.54, 1.807) is 0 Å². The van der Waals surface area contributed by atoms with E-state index in [-0.39, 0.29) is 65.0 Å². The van der Waals surface area contributed by atoms with Crippen molar-refractivity contribution in [2.75, 3.05) is 0 Å². The van der Waals surface area contributed by atoms with E-state index in [9.17, 15) is 0 Å². The van der Waals surface area contributed by atoms with E-state index in [0.717, 1.165) is 0 Å². The molecule has 0 N–H and O–H groups in total. The molecule has 0 aliphatic carbocycles. The zero-order valence-corrected chi connectivity index (χ0v) is 89.4. The fourth-order valence-corrected chi connectivity index (χ4v) is 16.1. The van der Waals surface area contributed by atoms with Gasteiger partial charge in [-0.1, -0.05) is 572 Å². The Balaban J connectivity index is 0.000000227. The van der Waals surface area contributed by atoms with Crippen LogP contribution < -0.4 is 0 Å². The molecule has 688 valence electrons. The second-order valence-corrected chi connectivity index (χ2v) is 51.7. The molecule has 0 saturated carbocycles. The maximum Gasteiger partial charge on any atom is -0.0109 e. The summed E-state index contributed by atoms with van der Waals surface area (Å²) in [5.74, 6) is 0. The predicted octanol–water partition coefficient (Wildman–Crippen LogP) is 39.6. The number of benzene rings is 14. The van der Waals surface area contributed by atoms with Gasteiger partial charge < -0.3 is 0 Å². The minimum absolute atomic E-state index is 0.181. The SMILES string of the molecule is CC(C)(C)C.CC(C)(C)C.CC(C)(C)c1cc(C(C)(C)C)c2ccccc2c1.CC(C)(C)c1ccc(C(C)(C)C)c2ccccc12.CC(C)(C)c1ccc2c(C(C)(C)C)cccc2c1.CC(C)(C)c1ccc2cccc(C(C)(C)C)c2c1.CC(C)(C)c1cccc2c(C(C)(C)C)cccc12.CC(C)(C)c1cccc2cccc(C(C)(C)C)c12.c1ccc2ccccc2c1. The Hall–Kier alpha value is -9.10. The molecule has 0 heterocycles. The van der Waals surface area contributed by atoms with Crippen LogP contribution >= 0.6 is 0 Å². The molecule has 0 unspecified atom stereocenters. The van der Waals surface area contributed by atoms with E-state index >= 15 is 0 Å². The lowest BCUT2D eigenvalue weighted by Crippen LogP contribution is -2.17. The normalized spacial score (nSPS) is 12.7. The maximum absolute atomic E-state index is 2.39. The molecule has 0 radical (unpaired) electrons. The Labute approximate surface area is 784 Å². The Kier molecular flexibility index (Phi) is 35.0. The second-order valence-electron chi connectivity index (χ2n) is 51.7. The number of hydrogen-bond acceptors (Lipinski definition) is 0. The Morgan fingerprint density at radius 2 is 0.328 bits per heavy atom. The molecule has 14 aromatic carbocycles. The van der Waals surface area contributed by atoms with Crippen LogP contribution in [0.4, 0.5) is 0 Å². The summed E-state index contributed by atoms with van der Waals surface area (Å²) in [6, 6.07) is 97.4. The van der Waals surface area contributed by atoms with Gasteiger partial charge in [0.2, 0.25) is 0 Å². The van der Waals surface area contributed by atoms with Crippen LogP contribution in [0, 0.1) is 10.8 Å². The van der Waals surface area contributed by atoms with Gasteiger partial charge in [-0.2, -0.15) is 0 Å². The van der Waals surface area contributed by atoms with E-state index in [1.165, 1.54) is 142 Å². The third-order valence-electron chi connectivity index (χ3n) is 22.9. The summed E-state index contributed by atoms with van der Waals surface area (Å²) in [5.41, 5.74) is 20.5. The molecule has 14 rings (SSSR count). The molecule has 0 aromatic heterocycles. The van der Waals surface area contributed by atoms with Gasteiger partial charge in [0.1, 0.15) is 0 Å². The molecule has 0 aliphatic heterocycles. The van der Waals surface area contributed by atoms with Crippen LogP contribution in [0.25, 0.3) is 75.4 Å². The first-order valence-electron chi connectivity index (χ1n) is 47.8. The zero-order chi connectivity index (χ0) is 97.1. The topological polar surface area (TPSA) is 0 Å². The fourth-order valence-electron chi connectivity index (χ4n) is 16.1. The summed E-state index contributed by atoms with van der Waals surface area (Å²) < 4.78 is 0. The van der Waals surface area contributed by atoms with E-state index in [1.807, 2.05) is 0 Å². The number of rotatable bonds is 0. The molecule has 0 heteroatoms. The van der Waals surface area contributed by atoms with Gasteiger partial charge in [-0.05, 0) is 218 Å². The molecule has 0 spiro atoms. The molecule has 0 atom stereocenters. The summed E-state index contributed by atoms with van der Waals surface area (Å²) in [6.07, 6.45) is 0. The number of fused-ring (bicyclic) bond motifs is 7. The summed E-state index contributed by atoms with van der Waals surface area (Å²) in [6.45, 7) is 99.7. The Morgan fingerprint density at radius 1 is 0.117 bits per heavy atom. The molecule has 14 aromatic rings. The lowest BCUT2D eigenvalue weighted by Gasteiger charge is -2.27. The minimum atomic E-state index is 0.181. The van der Waals surface area contributed by atoms with Gasteiger partial charge in [0.25, 0.3) is 0 Å². The Morgan fingerprint density at radius 3 is 0.648 bits per heavy atom. The minimum Gasteiger partial charge on any atom is -0.0616 e. The van der Waals surface area contributed by atoms with Crippen LogP contribution in [0.1, 0.15) is 371 Å². The first-order valence-corrected chi connectivity index (χ1v) is 47.8. The average molecular weight is 1710 g/mol. The number of hydrogen-bond donors (Lipinski definition) is 0. The quantitative estimate of drug-likeness (QED) is 0.142. The predicted molar refractivity (Wildman–Crippen MR) is 582 cm³/mol. The summed E-state index contributed by atoms with van der Waals surface area (Å²) >= 11 is 0. The van der Waals surface area contributed by atoms with Crippen molar-refractivity contribution in [1.82, 2.24) is 0 Å². The molecular formula is C128H176. The molecule has 0 bridgehead atoms. The highest BCUT2D eigenvalue weighted by molar-refractivity contribution is 5.94. The highest BCUT2D eigenvalue weighted by Crippen LogP contribution is 2.43. The third-order valence-corrected chi connectivity index (χ3v) is 22.9. The van der Waals surface area contributed by atoms with Gasteiger partial charge in [-0.25, -0.2) is 0 Å². The van der Waals surface area contributed by atoms with Crippen LogP contribution in [0.5, 0.6) is 0 Å². The Bertz CT molecular complexity index is 5540. The van der Waals surface area contributed by atoms with Crippen molar-refractivity contribution in [2.24, 2.45) is 10.8 Å². The smallest absolute Gasteiger partial charge is 0.0109 e. The van der Waals surface area contributed by atoms with E-state index < -0.39 is 0 Å². The average Bonchev–Trinajstić information content (AvgIpc) is 0.769. The highest BCUT2D eigenvalue weighted by Gasteiger charge is 2.29. The lowest BCUT2D eigenvalue weighted by molar-refractivity contribution is 0.469. The first-order chi connectivity index (χ1) is 58.2. The van der Waals surface area contributed by atoms with Crippen molar-refractivity contribution < 1.29 is 0 Å². The molecule has 0 aliphatic rings. The van der Waals surface area contributed by atoms with Crippen LogP contribution in [0.3, 0.4) is 0 Å². The van der Waals surface area contributed by atoms with Crippen LogP contribution in [-0.4, -0.2) is 0 Å². The van der Waals surface area contributed by atoms with Gasteiger partial charge in [0, 0.05) is 0 Å². The van der Waals surface area contributed by atoms with Crippen LogP contribution in [0.2, 0.25) is 0 Å². The maximum atomic E-state index is 2.39. The fraction of sp³-hybridized carbons (Fsp3) is 0.453. The van der Waals surface area contributed by atoms with Gasteiger partial charge in [0.05, 0.1) is 0 Å². The lowest BCUT2D eigenvalue weighted by atomic mass is 9.77. The van der Waals surface area contributed by atoms with Crippen molar-refractivity contribution in [1.29, 1.82) is 0 Å². The monoisotopic (exact) mass is 1710 g/mol. The van der Waals surface area contributed by atoms with Crippen LogP contribution in [0.15, 0.2) is 267 Å². The molecule has 0 fully saturated rings. The highest BCUT2D eigenvalue weighted by atomic mass is 14.3. The first kappa shape index (κ1) is 108. The van der Waals surface area contributed by atoms with Crippen molar-refractivity contribution >= 4 is 75.4 Å². The van der Waals surface area contributed by atoms with Gasteiger partial charge >= 0.3 is 0 Å². The molecule has 0 amide bonds. The van der Waals surface area contributed by atoms with Gasteiger partial charge in [0.15, 0.2) is 0 Å². The molecule has 0 nitrogen and oxygen atoms in total. The summed E-state index contributed by atoms with van der Waals surface area (Å²) in [7, 11) is 0. The van der Waals surface area contributed by atoms with Gasteiger partial charge in [-0.15, -0.1) is 0 Å². The van der Waals surface area contributed by atoms with Crippen molar-refractivity contribution in [3.05, 3.63) is 334 Å². The van der Waals surface area contributed by atoms with Gasteiger partial charge in [-0.3, -0.25) is 0 Å². The standard InChI is InChI=1S/6C18H24.C10H8.2C5H12/c1-17(2,3)15-11-7-10-14-13(15)9-8-12-16(14)18(4,5)6;1-17(2,3)14-11-7-9-13-10-8-12-15(16(13)14)18(4,5)6;1-17(2,3)14-10-11-15-13(12-14)8-7-9-16(15)18(4,5)6;1-17(2,3)14-11-10-13-8-7-9-16(15(13)12-14)18(4,5)6;1-17(2,3)14-11-13-9-7-8-10-15(13)16(12-14)18(4,5)6;1-17(2,3)15-11-12-16(18(4,5)6)14-10-8-7-9-13(14)15;1-2-6-10-8-4-3-7-9(10)5-1;2*1-5(2,3)4/h6*7-12H,1-6H3;1-8H;2*1-4H3. The molecule has 0 saturated heterocycles. The van der Waals surface area contributed by atoms with Crippen molar-refractivity contribution in [2.45, 2.75) is 370 Å². The summed E-state index contributed by atoms with van der Waals surface area (Å²) in [5, 5.41) is 19.3. The van der Waals surface area contributed by atoms with E-state index in [0.29, 0.717) is 10.8 Å². The van der Waals surface area contributed by atoms with Crippen molar-refractivity contribution in [3.63, 3.8) is 0 Å². The third kappa shape index (κ3) is 31.9.